The number of nitrogens with zero attached hydrogens (tertiary/aromatic N) is 3. The van der Waals surface area contributed by atoms with Crippen LogP contribution < -0.4 is 0 Å². The first-order chi connectivity index (χ1) is 14.0. The van der Waals surface area contributed by atoms with E-state index in [4.69, 9.17) is 4.74 Å². The predicted molar refractivity (Wildman–Crippen MR) is 113 cm³/mol. The molecule has 0 aliphatic carbocycles. The number of morpholine rings is 1. The Balaban J connectivity index is 1.65. The zero-order valence-corrected chi connectivity index (χ0v) is 17.7. The van der Waals surface area contributed by atoms with Crippen molar-refractivity contribution in [2.45, 2.75) is 11.5 Å². The van der Waals surface area contributed by atoms with E-state index in [9.17, 15) is 9.59 Å². The Morgan fingerprint density at radius 2 is 2.03 bits per heavy atom. The summed E-state index contributed by atoms with van der Waals surface area (Å²) in [5.41, 5.74) is 0.0670. The van der Waals surface area contributed by atoms with Gasteiger partial charge < -0.3 is 19.4 Å². The van der Waals surface area contributed by atoms with Crippen molar-refractivity contribution in [2.24, 2.45) is 0 Å². The molecule has 2 fully saturated rings. The van der Waals surface area contributed by atoms with Crippen LogP contribution in [0.3, 0.4) is 0 Å². The van der Waals surface area contributed by atoms with Gasteiger partial charge in [-0.15, -0.1) is 11.3 Å². The summed E-state index contributed by atoms with van der Waals surface area (Å²) in [6.07, 6.45) is 0. The fraction of sp³-hybridized carbons (Fsp3) is 0.455. The standard InChI is InChI=1S/C22H27N3O3S/c1-23(2)10-11-24-15-18(17-7-4-3-5-8-17)22(21(24)27)16-25(12-13-28-22)20(26)19-9-6-14-29-19/h3-9,14,18H,10-13,15-16H2,1-2H3/t18-,22-/m0/s1. The quantitative estimate of drug-likeness (QED) is 0.754. The lowest BCUT2D eigenvalue weighted by Crippen LogP contribution is -2.59. The molecule has 2 aromatic rings. The molecule has 0 bridgehead atoms. The SMILES string of the molecule is CN(C)CCN1C[C@@H](c2ccccc2)[C@@]2(CN(C(=O)c3cccs3)CCO2)C1=O. The molecule has 2 aliphatic heterocycles. The second-order valence-electron chi connectivity index (χ2n) is 7.96. The molecule has 154 valence electrons. The summed E-state index contributed by atoms with van der Waals surface area (Å²) in [5, 5.41) is 1.90. The third-order valence-corrected chi connectivity index (χ3v) is 6.66. The number of hydrogen-bond donors (Lipinski definition) is 0. The maximum atomic E-state index is 13.6. The summed E-state index contributed by atoms with van der Waals surface area (Å²) < 4.78 is 6.25. The van der Waals surface area contributed by atoms with Gasteiger partial charge in [0.15, 0.2) is 5.60 Å². The molecular formula is C22H27N3O3S. The molecule has 0 radical (unpaired) electrons. The minimum Gasteiger partial charge on any atom is -0.361 e. The highest BCUT2D eigenvalue weighted by Gasteiger charge is 2.58. The maximum Gasteiger partial charge on any atom is 0.264 e. The molecular weight excluding hydrogens is 386 g/mol. The van der Waals surface area contributed by atoms with Crippen molar-refractivity contribution in [1.29, 1.82) is 0 Å². The molecule has 0 saturated carbocycles. The van der Waals surface area contributed by atoms with Crippen LogP contribution in [0.25, 0.3) is 0 Å². The van der Waals surface area contributed by atoms with Crippen LogP contribution in [0.4, 0.5) is 0 Å². The fourth-order valence-electron chi connectivity index (χ4n) is 4.26. The molecule has 7 heteroatoms. The number of hydrogen-bond acceptors (Lipinski definition) is 5. The van der Waals surface area contributed by atoms with E-state index in [2.05, 4.69) is 17.0 Å². The Morgan fingerprint density at radius 1 is 1.24 bits per heavy atom. The number of ether oxygens (including phenoxy) is 1. The van der Waals surface area contributed by atoms with E-state index in [-0.39, 0.29) is 17.7 Å². The Kier molecular flexibility index (Phi) is 5.72. The first-order valence-electron chi connectivity index (χ1n) is 9.97. The molecule has 6 nitrogen and oxygen atoms in total. The van der Waals surface area contributed by atoms with Crippen LogP contribution in [-0.2, 0) is 9.53 Å². The van der Waals surface area contributed by atoms with Crippen molar-refractivity contribution in [3.8, 4) is 0 Å². The van der Waals surface area contributed by atoms with Gasteiger partial charge in [-0.3, -0.25) is 9.59 Å². The van der Waals surface area contributed by atoms with E-state index in [1.54, 1.807) is 4.90 Å². The van der Waals surface area contributed by atoms with E-state index < -0.39 is 5.60 Å². The van der Waals surface area contributed by atoms with Crippen LogP contribution in [0.1, 0.15) is 21.2 Å². The summed E-state index contributed by atoms with van der Waals surface area (Å²) >= 11 is 1.43. The molecule has 2 atom stereocenters. The van der Waals surface area contributed by atoms with E-state index in [1.165, 1.54) is 11.3 Å². The molecule has 1 aromatic heterocycles. The molecule has 2 aliphatic rings. The lowest BCUT2D eigenvalue weighted by Gasteiger charge is -2.42. The summed E-state index contributed by atoms with van der Waals surface area (Å²) in [6.45, 7) is 3.22. The van der Waals surface area contributed by atoms with E-state index in [1.807, 2.05) is 54.7 Å². The number of amides is 2. The normalized spacial score (nSPS) is 24.7. The van der Waals surface area contributed by atoms with Crippen molar-refractivity contribution in [3.05, 3.63) is 58.3 Å². The van der Waals surface area contributed by atoms with Crippen molar-refractivity contribution in [3.63, 3.8) is 0 Å². The third-order valence-electron chi connectivity index (χ3n) is 5.80. The number of carbonyl (C=O) groups excluding carboxylic acids is 2. The van der Waals surface area contributed by atoms with Gasteiger partial charge >= 0.3 is 0 Å². The lowest BCUT2D eigenvalue weighted by atomic mass is 9.83. The molecule has 3 heterocycles. The van der Waals surface area contributed by atoms with Gasteiger partial charge in [0.25, 0.3) is 11.8 Å². The van der Waals surface area contributed by atoms with Crippen LogP contribution in [-0.4, -0.2) is 85.5 Å². The minimum atomic E-state index is -1.02. The van der Waals surface area contributed by atoms with E-state index in [0.29, 0.717) is 37.7 Å². The van der Waals surface area contributed by atoms with Crippen LogP contribution in [0, 0.1) is 0 Å². The molecule has 29 heavy (non-hydrogen) atoms. The molecule has 0 N–H and O–H groups in total. The number of likely N-dealkylation sites (N-methyl/N-ethyl adjacent to an activating group) is 1. The Morgan fingerprint density at radius 3 is 2.72 bits per heavy atom. The molecule has 4 rings (SSSR count). The molecule has 1 spiro atoms. The summed E-state index contributed by atoms with van der Waals surface area (Å²) in [7, 11) is 4.01. The summed E-state index contributed by atoms with van der Waals surface area (Å²) in [4.78, 5) is 33.0. The van der Waals surface area contributed by atoms with Gasteiger partial charge in [0.1, 0.15) is 0 Å². The van der Waals surface area contributed by atoms with E-state index >= 15 is 0 Å². The second kappa shape index (κ2) is 8.26. The van der Waals surface area contributed by atoms with Crippen molar-refractivity contribution in [1.82, 2.24) is 14.7 Å². The number of rotatable bonds is 5. The summed E-state index contributed by atoms with van der Waals surface area (Å²) in [5.74, 6) is -0.122. The van der Waals surface area contributed by atoms with Crippen molar-refractivity contribution in [2.75, 3.05) is 53.4 Å². The van der Waals surface area contributed by atoms with Gasteiger partial charge in [-0.2, -0.15) is 0 Å². The molecule has 2 amide bonds. The smallest absolute Gasteiger partial charge is 0.264 e. The average molecular weight is 414 g/mol. The minimum absolute atomic E-state index is 0.00289. The highest BCUT2D eigenvalue weighted by molar-refractivity contribution is 7.12. The maximum absolute atomic E-state index is 13.6. The van der Waals surface area contributed by atoms with Crippen molar-refractivity contribution < 1.29 is 14.3 Å². The zero-order valence-electron chi connectivity index (χ0n) is 16.9. The summed E-state index contributed by atoms with van der Waals surface area (Å²) in [6, 6.07) is 13.8. The third kappa shape index (κ3) is 3.82. The Bertz CT molecular complexity index is 855. The molecule has 2 saturated heterocycles. The van der Waals surface area contributed by atoms with Crippen LogP contribution in [0.15, 0.2) is 47.8 Å². The van der Waals surface area contributed by atoms with Gasteiger partial charge in [0, 0.05) is 32.1 Å². The number of thiophene rings is 1. The average Bonchev–Trinajstić information content (AvgIpc) is 3.35. The number of benzene rings is 1. The number of carbonyl (C=O) groups is 2. The molecule has 0 unspecified atom stereocenters. The Labute approximate surface area is 175 Å². The fourth-order valence-corrected chi connectivity index (χ4v) is 4.95. The molecule has 1 aromatic carbocycles. The number of likely N-dealkylation sites (tertiary alicyclic amines) is 1. The predicted octanol–water partition coefficient (Wildman–Crippen LogP) is 2.15. The van der Waals surface area contributed by atoms with E-state index in [0.717, 1.165) is 12.1 Å². The van der Waals surface area contributed by atoms with Crippen LogP contribution >= 0.6 is 11.3 Å². The second-order valence-corrected chi connectivity index (χ2v) is 8.91. The largest absolute Gasteiger partial charge is 0.361 e. The first kappa shape index (κ1) is 20.1. The van der Waals surface area contributed by atoms with Gasteiger partial charge in [-0.05, 0) is 31.1 Å². The highest BCUT2D eigenvalue weighted by Crippen LogP contribution is 2.42. The van der Waals surface area contributed by atoms with Gasteiger partial charge in [-0.1, -0.05) is 36.4 Å². The van der Waals surface area contributed by atoms with Crippen LogP contribution in [0.2, 0.25) is 0 Å². The Hall–Kier alpha value is -2.22. The topological polar surface area (TPSA) is 53.1 Å². The van der Waals surface area contributed by atoms with Gasteiger partial charge in [-0.25, -0.2) is 0 Å². The highest BCUT2D eigenvalue weighted by atomic mass is 32.1. The van der Waals surface area contributed by atoms with Gasteiger partial charge in [0.05, 0.1) is 18.0 Å². The van der Waals surface area contributed by atoms with Gasteiger partial charge in [0.2, 0.25) is 0 Å². The van der Waals surface area contributed by atoms with Crippen LogP contribution in [0.5, 0.6) is 0 Å². The zero-order chi connectivity index (χ0) is 20.4. The first-order valence-corrected chi connectivity index (χ1v) is 10.8. The monoisotopic (exact) mass is 413 g/mol. The lowest BCUT2D eigenvalue weighted by molar-refractivity contribution is -0.159. The van der Waals surface area contributed by atoms with Crippen molar-refractivity contribution >= 4 is 23.2 Å².